The molecule has 3 heteroatoms. The lowest BCUT2D eigenvalue weighted by Gasteiger charge is -2.32. The molecule has 1 fully saturated rings. The highest BCUT2D eigenvalue weighted by Crippen LogP contribution is 2.26. The fraction of sp³-hybridized carbons (Fsp3) is 0.647. The van der Waals surface area contributed by atoms with E-state index in [0.717, 1.165) is 31.2 Å². The van der Waals surface area contributed by atoms with Crippen molar-refractivity contribution in [1.82, 2.24) is 4.90 Å². The van der Waals surface area contributed by atoms with Crippen molar-refractivity contribution >= 4 is 11.6 Å². The average molecular weight is 296 g/mol. The Balaban J connectivity index is 1.86. The molecule has 1 saturated heterocycles. The fourth-order valence-corrected chi connectivity index (χ4v) is 3.12. The van der Waals surface area contributed by atoms with Crippen molar-refractivity contribution in [2.75, 3.05) is 26.2 Å². The van der Waals surface area contributed by atoms with Gasteiger partial charge in [0.15, 0.2) is 0 Å². The molecule has 0 N–H and O–H groups in total. The van der Waals surface area contributed by atoms with E-state index in [1.807, 2.05) is 12.1 Å². The van der Waals surface area contributed by atoms with E-state index in [0.29, 0.717) is 0 Å². The predicted molar refractivity (Wildman–Crippen MR) is 85.7 cm³/mol. The van der Waals surface area contributed by atoms with Crippen LogP contribution in [0.25, 0.3) is 0 Å². The molecule has 2 nitrogen and oxygen atoms in total. The van der Waals surface area contributed by atoms with Crippen LogP contribution in [0.2, 0.25) is 0 Å². The molecule has 2 rings (SSSR count). The van der Waals surface area contributed by atoms with Crippen LogP contribution in [0, 0.1) is 5.92 Å². The molecular formula is C17H26ClNO. The number of likely N-dealkylation sites (tertiary alicyclic amines) is 1. The maximum atomic E-state index is 6.56. The molecule has 1 heterocycles. The molecule has 112 valence electrons. The summed E-state index contributed by atoms with van der Waals surface area (Å²) in [6, 6.07) is 8.24. The molecule has 0 bridgehead atoms. The summed E-state index contributed by atoms with van der Waals surface area (Å²) in [7, 11) is 0. The van der Waals surface area contributed by atoms with Crippen molar-refractivity contribution in [2.24, 2.45) is 5.92 Å². The van der Waals surface area contributed by atoms with Crippen LogP contribution in [0.4, 0.5) is 0 Å². The van der Waals surface area contributed by atoms with E-state index in [1.54, 1.807) is 0 Å². The Hall–Kier alpha value is -0.730. The smallest absolute Gasteiger partial charge is 0.119 e. The summed E-state index contributed by atoms with van der Waals surface area (Å²) in [5, 5.41) is 0.0699. The summed E-state index contributed by atoms with van der Waals surface area (Å²) >= 11 is 6.56. The highest BCUT2D eigenvalue weighted by atomic mass is 35.5. The number of rotatable bonds is 6. The number of nitrogens with zero attached hydrogens (tertiary/aromatic N) is 1. The van der Waals surface area contributed by atoms with Gasteiger partial charge in [-0.25, -0.2) is 0 Å². The number of alkyl halides is 1. The quantitative estimate of drug-likeness (QED) is 0.717. The van der Waals surface area contributed by atoms with Crippen LogP contribution in [0.15, 0.2) is 24.3 Å². The lowest BCUT2D eigenvalue weighted by molar-refractivity contribution is 0.184. The second-order valence-corrected chi connectivity index (χ2v) is 6.42. The predicted octanol–water partition coefficient (Wildman–Crippen LogP) is 4.49. The fourth-order valence-electron chi connectivity index (χ4n) is 2.78. The topological polar surface area (TPSA) is 12.5 Å². The molecule has 20 heavy (non-hydrogen) atoms. The van der Waals surface area contributed by atoms with E-state index in [9.17, 15) is 0 Å². The van der Waals surface area contributed by atoms with Crippen LogP contribution in [0.1, 0.15) is 44.1 Å². The zero-order valence-corrected chi connectivity index (χ0v) is 13.4. The van der Waals surface area contributed by atoms with Crippen LogP contribution >= 0.6 is 11.6 Å². The number of hydrogen-bond acceptors (Lipinski definition) is 2. The third-order valence-corrected chi connectivity index (χ3v) is 4.26. The van der Waals surface area contributed by atoms with Crippen molar-refractivity contribution < 1.29 is 4.74 Å². The third-order valence-electron chi connectivity index (χ3n) is 3.87. The molecule has 2 unspecified atom stereocenters. The Bertz CT molecular complexity index is 392. The first-order valence-corrected chi connectivity index (χ1v) is 8.22. The minimum Gasteiger partial charge on any atom is -0.494 e. The Morgan fingerprint density at radius 2 is 2.10 bits per heavy atom. The Morgan fingerprint density at radius 1 is 1.35 bits per heavy atom. The lowest BCUT2D eigenvalue weighted by atomic mass is 10.00. The van der Waals surface area contributed by atoms with Crippen molar-refractivity contribution in [2.45, 2.75) is 38.5 Å². The maximum Gasteiger partial charge on any atom is 0.119 e. The van der Waals surface area contributed by atoms with E-state index in [4.69, 9.17) is 16.3 Å². The number of halogens is 1. The zero-order chi connectivity index (χ0) is 14.4. The van der Waals surface area contributed by atoms with Crippen molar-refractivity contribution in [1.29, 1.82) is 0 Å². The summed E-state index contributed by atoms with van der Waals surface area (Å²) < 4.78 is 5.60. The first kappa shape index (κ1) is 15.7. The highest BCUT2D eigenvalue weighted by Gasteiger charge is 2.19. The van der Waals surface area contributed by atoms with E-state index in [2.05, 4.69) is 30.9 Å². The number of benzene rings is 1. The van der Waals surface area contributed by atoms with Gasteiger partial charge < -0.3 is 9.64 Å². The minimum absolute atomic E-state index is 0.0699. The SMILES string of the molecule is CCCOc1ccc(C(Cl)CN2CCCC(C)C2)cc1. The minimum atomic E-state index is 0.0699. The molecule has 0 radical (unpaired) electrons. The molecule has 0 saturated carbocycles. The van der Waals surface area contributed by atoms with Crippen molar-refractivity contribution in [3.63, 3.8) is 0 Å². The van der Waals surface area contributed by atoms with Gasteiger partial charge in [-0.05, 0) is 49.4 Å². The molecule has 1 aliphatic heterocycles. The van der Waals surface area contributed by atoms with Crippen LogP contribution in [0.5, 0.6) is 5.75 Å². The second-order valence-electron chi connectivity index (χ2n) is 5.89. The van der Waals surface area contributed by atoms with Gasteiger partial charge in [0.25, 0.3) is 0 Å². The highest BCUT2D eigenvalue weighted by molar-refractivity contribution is 6.21. The van der Waals surface area contributed by atoms with Gasteiger partial charge in [0.1, 0.15) is 5.75 Å². The van der Waals surface area contributed by atoms with Crippen LogP contribution < -0.4 is 4.74 Å². The largest absolute Gasteiger partial charge is 0.494 e. The molecule has 0 spiro atoms. The number of piperidine rings is 1. The molecule has 1 aromatic carbocycles. The van der Waals surface area contributed by atoms with E-state index in [1.165, 1.54) is 31.5 Å². The van der Waals surface area contributed by atoms with Gasteiger partial charge in [-0.2, -0.15) is 0 Å². The summed E-state index contributed by atoms with van der Waals surface area (Å²) in [6.45, 7) is 8.53. The third kappa shape index (κ3) is 4.68. The second kappa shape index (κ2) is 7.90. The van der Waals surface area contributed by atoms with Gasteiger partial charge in [0, 0.05) is 13.1 Å². The van der Waals surface area contributed by atoms with Crippen molar-refractivity contribution in [3.8, 4) is 5.75 Å². The normalized spacial score (nSPS) is 21.6. The van der Waals surface area contributed by atoms with Crippen molar-refractivity contribution in [3.05, 3.63) is 29.8 Å². The summed E-state index contributed by atoms with van der Waals surface area (Å²) in [6.07, 6.45) is 3.69. The molecule has 0 amide bonds. The standard InChI is InChI=1S/C17H26ClNO/c1-3-11-20-16-8-6-15(7-9-16)17(18)13-19-10-4-5-14(2)12-19/h6-9,14,17H,3-5,10-13H2,1-2H3. The molecule has 0 aliphatic carbocycles. The first-order chi connectivity index (χ1) is 9.69. The van der Waals surface area contributed by atoms with Crippen LogP contribution in [-0.2, 0) is 0 Å². The van der Waals surface area contributed by atoms with Gasteiger partial charge in [0.2, 0.25) is 0 Å². The zero-order valence-electron chi connectivity index (χ0n) is 12.6. The van der Waals surface area contributed by atoms with Gasteiger partial charge in [0.05, 0.1) is 12.0 Å². The summed E-state index contributed by atoms with van der Waals surface area (Å²) in [5.41, 5.74) is 1.19. The monoisotopic (exact) mass is 295 g/mol. The van der Waals surface area contributed by atoms with Gasteiger partial charge in [-0.1, -0.05) is 26.0 Å². The molecule has 2 atom stereocenters. The van der Waals surface area contributed by atoms with E-state index < -0.39 is 0 Å². The first-order valence-electron chi connectivity index (χ1n) is 7.78. The maximum absolute atomic E-state index is 6.56. The Labute approximate surface area is 128 Å². The number of ether oxygens (including phenoxy) is 1. The van der Waals surface area contributed by atoms with Gasteiger partial charge >= 0.3 is 0 Å². The lowest BCUT2D eigenvalue weighted by Crippen LogP contribution is -2.36. The average Bonchev–Trinajstić information content (AvgIpc) is 2.45. The summed E-state index contributed by atoms with van der Waals surface area (Å²) in [4.78, 5) is 2.49. The summed E-state index contributed by atoms with van der Waals surface area (Å²) in [5.74, 6) is 1.74. The van der Waals surface area contributed by atoms with Crippen LogP contribution in [0.3, 0.4) is 0 Å². The molecule has 0 aromatic heterocycles. The molecule has 1 aromatic rings. The number of hydrogen-bond donors (Lipinski definition) is 0. The molecular weight excluding hydrogens is 270 g/mol. The van der Waals surface area contributed by atoms with Crippen LogP contribution in [-0.4, -0.2) is 31.1 Å². The van der Waals surface area contributed by atoms with E-state index >= 15 is 0 Å². The van der Waals surface area contributed by atoms with Gasteiger partial charge in [-0.3, -0.25) is 0 Å². The Morgan fingerprint density at radius 3 is 2.75 bits per heavy atom. The Kier molecular flexibility index (Phi) is 6.18. The van der Waals surface area contributed by atoms with Gasteiger partial charge in [-0.15, -0.1) is 11.6 Å². The van der Waals surface area contributed by atoms with E-state index in [-0.39, 0.29) is 5.38 Å². The molecule has 1 aliphatic rings.